The number of nitrogens with zero attached hydrogens (tertiary/aromatic N) is 1. The van der Waals surface area contributed by atoms with Crippen LogP contribution in [0.25, 0.3) is 0 Å². The maximum atomic E-state index is 12.4. The van der Waals surface area contributed by atoms with E-state index in [0.29, 0.717) is 43.4 Å². The van der Waals surface area contributed by atoms with Crippen molar-refractivity contribution in [2.24, 2.45) is 0 Å². The lowest BCUT2D eigenvalue weighted by atomic mass is 10.2. The van der Waals surface area contributed by atoms with Crippen LogP contribution < -0.4 is 10.6 Å². The van der Waals surface area contributed by atoms with Gasteiger partial charge in [0, 0.05) is 37.0 Å². The number of urea groups is 1. The van der Waals surface area contributed by atoms with Crippen molar-refractivity contribution >= 4 is 29.2 Å². The Balaban J connectivity index is 1.83. The fraction of sp³-hybridized carbons (Fsp3) is 0.529. The first-order valence-corrected chi connectivity index (χ1v) is 8.68. The van der Waals surface area contributed by atoms with E-state index in [1.54, 1.807) is 29.2 Å². The predicted octanol–water partition coefficient (Wildman–Crippen LogP) is 2.88. The van der Waals surface area contributed by atoms with E-state index in [-0.39, 0.29) is 11.9 Å². The molecule has 0 aliphatic carbocycles. The number of nitrogens with one attached hydrogen (secondary N) is 2. The number of hydrogen-bond acceptors (Lipinski definition) is 3. The molecule has 1 aromatic carbocycles. The molecule has 24 heavy (non-hydrogen) atoms. The summed E-state index contributed by atoms with van der Waals surface area (Å²) < 4.78 is 5.24. The summed E-state index contributed by atoms with van der Waals surface area (Å²) in [6, 6.07) is 6.22. The van der Waals surface area contributed by atoms with Crippen molar-refractivity contribution in [3.8, 4) is 0 Å². The Morgan fingerprint density at radius 1 is 1.33 bits per heavy atom. The fourth-order valence-electron chi connectivity index (χ4n) is 2.66. The zero-order chi connectivity index (χ0) is 17.4. The highest BCUT2D eigenvalue weighted by Gasteiger charge is 2.33. The summed E-state index contributed by atoms with van der Waals surface area (Å²) in [7, 11) is 0. The molecule has 0 saturated carbocycles. The highest BCUT2D eigenvalue weighted by Crippen LogP contribution is 2.20. The highest BCUT2D eigenvalue weighted by atomic mass is 35.5. The SMILES string of the molecule is CCOCCCNC(=O)[C@@H]1CCCN1C(=O)Nc1ccc(Cl)cc1. The van der Waals surface area contributed by atoms with Crippen LogP contribution in [0.5, 0.6) is 0 Å². The first kappa shape index (κ1) is 18.5. The number of amides is 3. The summed E-state index contributed by atoms with van der Waals surface area (Å²) in [4.78, 5) is 26.3. The Kier molecular flexibility index (Phi) is 7.34. The van der Waals surface area contributed by atoms with Crippen LogP contribution in [0.3, 0.4) is 0 Å². The van der Waals surface area contributed by atoms with Gasteiger partial charge >= 0.3 is 6.03 Å². The molecule has 1 aliphatic rings. The van der Waals surface area contributed by atoms with Gasteiger partial charge in [-0.05, 0) is 50.5 Å². The second kappa shape index (κ2) is 9.49. The maximum absolute atomic E-state index is 12.4. The van der Waals surface area contributed by atoms with Crippen molar-refractivity contribution in [1.82, 2.24) is 10.2 Å². The van der Waals surface area contributed by atoms with E-state index in [1.165, 1.54) is 0 Å². The van der Waals surface area contributed by atoms with Gasteiger partial charge < -0.3 is 20.3 Å². The molecule has 1 aliphatic heterocycles. The molecule has 132 valence electrons. The number of ether oxygens (including phenoxy) is 1. The van der Waals surface area contributed by atoms with Crippen LogP contribution in [-0.4, -0.2) is 49.2 Å². The van der Waals surface area contributed by atoms with Gasteiger partial charge in [-0.3, -0.25) is 4.79 Å². The third kappa shape index (κ3) is 5.39. The first-order valence-electron chi connectivity index (χ1n) is 8.30. The second-order valence-electron chi connectivity index (χ2n) is 5.63. The Hall–Kier alpha value is -1.79. The molecule has 1 fully saturated rings. The number of hydrogen-bond donors (Lipinski definition) is 2. The normalized spacial score (nSPS) is 16.9. The Bertz CT molecular complexity index is 551. The minimum atomic E-state index is -0.413. The van der Waals surface area contributed by atoms with E-state index >= 15 is 0 Å². The molecule has 6 nitrogen and oxygen atoms in total. The van der Waals surface area contributed by atoms with E-state index in [4.69, 9.17) is 16.3 Å². The largest absolute Gasteiger partial charge is 0.382 e. The molecule has 7 heteroatoms. The molecule has 1 heterocycles. The molecular formula is C17H24ClN3O3. The van der Waals surface area contributed by atoms with Crippen molar-refractivity contribution in [1.29, 1.82) is 0 Å². The van der Waals surface area contributed by atoms with E-state index < -0.39 is 6.04 Å². The predicted molar refractivity (Wildman–Crippen MR) is 94.3 cm³/mol. The minimum Gasteiger partial charge on any atom is -0.382 e. The third-order valence-electron chi connectivity index (χ3n) is 3.88. The Morgan fingerprint density at radius 3 is 2.79 bits per heavy atom. The topological polar surface area (TPSA) is 70.7 Å². The maximum Gasteiger partial charge on any atom is 0.322 e. The van der Waals surface area contributed by atoms with Crippen LogP contribution in [0.1, 0.15) is 26.2 Å². The lowest BCUT2D eigenvalue weighted by Crippen LogP contribution is -2.47. The fourth-order valence-corrected chi connectivity index (χ4v) is 2.78. The zero-order valence-electron chi connectivity index (χ0n) is 13.9. The van der Waals surface area contributed by atoms with E-state index in [1.807, 2.05) is 6.92 Å². The smallest absolute Gasteiger partial charge is 0.322 e. The van der Waals surface area contributed by atoms with Crippen molar-refractivity contribution in [3.63, 3.8) is 0 Å². The molecule has 0 radical (unpaired) electrons. The van der Waals surface area contributed by atoms with Crippen molar-refractivity contribution < 1.29 is 14.3 Å². The number of rotatable bonds is 7. The summed E-state index contributed by atoms with van der Waals surface area (Å²) in [6.07, 6.45) is 2.28. The third-order valence-corrected chi connectivity index (χ3v) is 4.13. The molecule has 1 atom stereocenters. The molecule has 0 spiro atoms. The summed E-state index contributed by atoms with van der Waals surface area (Å²) in [6.45, 7) is 4.38. The van der Waals surface area contributed by atoms with Gasteiger partial charge in [0.1, 0.15) is 6.04 Å². The lowest BCUT2D eigenvalue weighted by molar-refractivity contribution is -0.124. The molecule has 2 rings (SSSR count). The number of halogens is 1. The van der Waals surface area contributed by atoms with Crippen LogP contribution in [0, 0.1) is 0 Å². The molecular weight excluding hydrogens is 330 g/mol. The van der Waals surface area contributed by atoms with E-state index in [2.05, 4.69) is 10.6 Å². The second-order valence-corrected chi connectivity index (χ2v) is 6.07. The average molecular weight is 354 g/mol. The van der Waals surface area contributed by atoms with Crippen molar-refractivity contribution in [2.75, 3.05) is 31.6 Å². The Labute approximate surface area is 147 Å². The molecule has 0 bridgehead atoms. The number of benzene rings is 1. The van der Waals surface area contributed by atoms with Gasteiger partial charge in [-0.1, -0.05) is 11.6 Å². The van der Waals surface area contributed by atoms with Gasteiger partial charge in [0.25, 0.3) is 0 Å². The molecule has 3 amide bonds. The van der Waals surface area contributed by atoms with Crippen molar-refractivity contribution in [2.45, 2.75) is 32.2 Å². The Morgan fingerprint density at radius 2 is 2.08 bits per heavy atom. The molecule has 1 aromatic rings. The monoisotopic (exact) mass is 353 g/mol. The van der Waals surface area contributed by atoms with Crippen molar-refractivity contribution in [3.05, 3.63) is 29.3 Å². The average Bonchev–Trinajstić information content (AvgIpc) is 3.06. The number of likely N-dealkylation sites (tertiary alicyclic amines) is 1. The summed E-state index contributed by atoms with van der Waals surface area (Å²) >= 11 is 5.84. The van der Waals surface area contributed by atoms with Gasteiger partial charge in [0.15, 0.2) is 0 Å². The van der Waals surface area contributed by atoms with Gasteiger partial charge in [0.05, 0.1) is 0 Å². The quantitative estimate of drug-likeness (QED) is 0.740. The lowest BCUT2D eigenvalue weighted by Gasteiger charge is -2.24. The molecule has 2 N–H and O–H groups in total. The molecule has 0 unspecified atom stereocenters. The van der Waals surface area contributed by atoms with Gasteiger partial charge in [-0.25, -0.2) is 4.79 Å². The van der Waals surface area contributed by atoms with Crippen LogP contribution in [0.4, 0.5) is 10.5 Å². The summed E-state index contributed by atoms with van der Waals surface area (Å²) in [5.74, 6) is -0.102. The van der Waals surface area contributed by atoms with Gasteiger partial charge in [-0.2, -0.15) is 0 Å². The first-order chi connectivity index (χ1) is 11.6. The van der Waals surface area contributed by atoms with E-state index in [9.17, 15) is 9.59 Å². The standard InChI is InChI=1S/C17H24ClN3O3/c1-2-24-12-4-10-19-16(22)15-5-3-11-21(15)17(23)20-14-8-6-13(18)7-9-14/h6-9,15H,2-5,10-12H2,1H3,(H,19,22)(H,20,23)/t15-/m0/s1. The molecule has 0 aromatic heterocycles. The van der Waals surface area contributed by atoms with E-state index in [0.717, 1.165) is 12.8 Å². The van der Waals surface area contributed by atoms with Crippen LogP contribution >= 0.6 is 11.6 Å². The molecule has 1 saturated heterocycles. The van der Waals surface area contributed by atoms with Crippen LogP contribution in [0.15, 0.2) is 24.3 Å². The van der Waals surface area contributed by atoms with Crippen LogP contribution in [-0.2, 0) is 9.53 Å². The highest BCUT2D eigenvalue weighted by molar-refractivity contribution is 6.30. The van der Waals surface area contributed by atoms with Gasteiger partial charge in [0.2, 0.25) is 5.91 Å². The van der Waals surface area contributed by atoms with Gasteiger partial charge in [-0.15, -0.1) is 0 Å². The zero-order valence-corrected chi connectivity index (χ0v) is 14.6. The number of carbonyl (C=O) groups is 2. The number of anilines is 1. The summed E-state index contributed by atoms with van der Waals surface area (Å²) in [5.41, 5.74) is 0.659. The minimum absolute atomic E-state index is 0.102. The number of carbonyl (C=O) groups excluding carboxylic acids is 2. The summed E-state index contributed by atoms with van der Waals surface area (Å²) in [5, 5.41) is 6.30. The van der Waals surface area contributed by atoms with Crippen LogP contribution in [0.2, 0.25) is 5.02 Å².